The topological polar surface area (TPSA) is 81.4 Å². The van der Waals surface area contributed by atoms with Gasteiger partial charge in [-0.05, 0) is 42.0 Å². The van der Waals surface area contributed by atoms with Crippen LogP contribution in [0.3, 0.4) is 0 Å². The summed E-state index contributed by atoms with van der Waals surface area (Å²) in [7, 11) is -3.50. The van der Waals surface area contributed by atoms with Crippen LogP contribution in [-0.4, -0.2) is 8.42 Å². The van der Waals surface area contributed by atoms with E-state index in [2.05, 4.69) is 4.72 Å². The van der Waals surface area contributed by atoms with Crippen molar-refractivity contribution in [2.75, 3.05) is 10.5 Å². The van der Waals surface area contributed by atoms with Crippen molar-refractivity contribution in [1.29, 1.82) is 0 Å². The van der Waals surface area contributed by atoms with Gasteiger partial charge in [-0.3, -0.25) is 4.72 Å². The Morgan fingerprint density at radius 2 is 1.40 bits per heavy atom. The summed E-state index contributed by atoms with van der Waals surface area (Å²) in [5, 5.41) is 1.84. The van der Waals surface area contributed by atoms with Gasteiger partial charge in [0.15, 0.2) is 0 Å². The zero-order valence-electron chi connectivity index (χ0n) is 16.0. The standard InChI is InChI=1S/C23H20N2O3S.ClH/c24-22-14-15-23(21-9-5-4-8-20(21)22)28-19-12-10-18(11-13-19)25-29(26,27)16-17-6-2-1-3-7-17;/h1-15,25H,16,24H2;1H. The first-order valence-corrected chi connectivity index (χ1v) is 10.7. The van der Waals surface area contributed by atoms with Gasteiger partial charge in [-0.2, -0.15) is 0 Å². The van der Waals surface area contributed by atoms with E-state index in [0.717, 1.165) is 16.3 Å². The van der Waals surface area contributed by atoms with Crippen LogP contribution in [0.1, 0.15) is 5.56 Å². The zero-order chi connectivity index (χ0) is 20.3. The molecule has 4 aromatic carbocycles. The van der Waals surface area contributed by atoms with Crippen LogP contribution in [0.25, 0.3) is 10.8 Å². The Morgan fingerprint density at radius 1 is 0.767 bits per heavy atom. The van der Waals surface area contributed by atoms with Crippen molar-refractivity contribution in [2.24, 2.45) is 0 Å². The molecule has 0 unspecified atom stereocenters. The third-order valence-electron chi connectivity index (χ3n) is 4.47. The van der Waals surface area contributed by atoms with Crippen LogP contribution in [-0.2, 0) is 15.8 Å². The van der Waals surface area contributed by atoms with Crippen molar-refractivity contribution >= 4 is 44.6 Å². The second kappa shape index (κ2) is 9.07. The monoisotopic (exact) mass is 440 g/mol. The Balaban J connectivity index is 0.00000256. The molecule has 0 atom stereocenters. The molecule has 4 rings (SSSR count). The van der Waals surface area contributed by atoms with Crippen molar-refractivity contribution in [3.8, 4) is 11.5 Å². The van der Waals surface area contributed by atoms with Crippen molar-refractivity contribution in [3.63, 3.8) is 0 Å². The molecule has 0 aliphatic rings. The molecule has 0 amide bonds. The first kappa shape index (κ1) is 21.5. The van der Waals surface area contributed by atoms with Crippen molar-refractivity contribution in [2.45, 2.75) is 5.75 Å². The summed E-state index contributed by atoms with van der Waals surface area (Å²) < 4.78 is 33.3. The molecule has 0 aliphatic carbocycles. The lowest BCUT2D eigenvalue weighted by Gasteiger charge is -2.12. The van der Waals surface area contributed by atoms with E-state index in [4.69, 9.17) is 10.5 Å². The number of hydrogen-bond acceptors (Lipinski definition) is 4. The summed E-state index contributed by atoms with van der Waals surface area (Å²) in [6.07, 6.45) is 0. The Hall–Kier alpha value is -3.22. The zero-order valence-corrected chi connectivity index (χ0v) is 17.6. The molecular weight excluding hydrogens is 420 g/mol. The molecule has 154 valence electrons. The molecule has 0 saturated carbocycles. The number of fused-ring (bicyclic) bond motifs is 1. The molecule has 0 radical (unpaired) electrons. The number of rotatable bonds is 6. The molecule has 0 fully saturated rings. The van der Waals surface area contributed by atoms with Gasteiger partial charge in [0, 0.05) is 22.1 Å². The maximum absolute atomic E-state index is 12.4. The van der Waals surface area contributed by atoms with Crippen LogP contribution in [0.2, 0.25) is 0 Å². The average Bonchev–Trinajstić information content (AvgIpc) is 2.72. The van der Waals surface area contributed by atoms with E-state index < -0.39 is 10.0 Å². The van der Waals surface area contributed by atoms with Gasteiger partial charge in [0.05, 0.1) is 5.75 Å². The van der Waals surface area contributed by atoms with E-state index >= 15 is 0 Å². The first-order chi connectivity index (χ1) is 14.0. The minimum absolute atomic E-state index is 0. The van der Waals surface area contributed by atoms with Crippen LogP contribution in [0, 0.1) is 0 Å². The molecule has 3 N–H and O–H groups in total. The molecule has 0 aliphatic heterocycles. The third kappa shape index (κ3) is 5.03. The minimum Gasteiger partial charge on any atom is -0.457 e. The quantitative estimate of drug-likeness (QED) is 0.383. The van der Waals surface area contributed by atoms with Gasteiger partial charge >= 0.3 is 0 Å². The number of nitrogen functional groups attached to an aromatic ring is 1. The molecule has 30 heavy (non-hydrogen) atoms. The summed E-state index contributed by atoms with van der Waals surface area (Å²) in [6, 6.07) is 27.3. The molecule has 0 heterocycles. The number of nitrogens with two attached hydrogens (primary N) is 1. The second-order valence-electron chi connectivity index (χ2n) is 6.67. The average molecular weight is 441 g/mol. The lowest BCUT2D eigenvalue weighted by Crippen LogP contribution is -2.14. The summed E-state index contributed by atoms with van der Waals surface area (Å²) in [5.41, 5.74) is 7.94. The highest BCUT2D eigenvalue weighted by atomic mass is 35.5. The van der Waals surface area contributed by atoms with Gasteiger partial charge in [0.1, 0.15) is 11.5 Å². The van der Waals surface area contributed by atoms with Crippen LogP contribution in [0.15, 0.2) is 91.0 Å². The van der Waals surface area contributed by atoms with Gasteiger partial charge in [0.2, 0.25) is 10.0 Å². The van der Waals surface area contributed by atoms with Gasteiger partial charge in [-0.1, -0.05) is 54.6 Å². The normalized spacial score (nSPS) is 10.9. The van der Waals surface area contributed by atoms with E-state index in [1.807, 2.05) is 54.6 Å². The highest BCUT2D eigenvalue weighted by molar-refractivity contribution is 7.91. The molecule has 4 aromatic rings. The van der Waals surface area contributed by atoms with Gasteiger partial charge in [-0.25, -0.2) is 8.42 Å². The molecule has 0 saturated heterocycles. The van der Waals surface area contributed by atoms with E-state index in [1.165, 1.54) is 0 Å². The summed E-state index contributed by atoms with van der Waals surface area (Å²) in [5.74, 6) is 1.21. The van der Waals surface area contributed by atoms with Crippen LogP contribution < -0.4 is 15.2 Å². The predicted octanol–water partition coefficient (Wildman–Crippen LogP) is 5.58. The molecule has 7 heteroatoms. The van der Waals surface area contributed by atoms with E-state index in [1.54, 1.807) is 36.4 Å². The summed E-state index contributed by atoms with van der Waals surface area (Å²) in [4.78, 5) is 0. The summed E-state index contributed by atoms with van der Waals surface area (Å²) >= 11 is 0. The second-order valence-corrected chi connectivity index (χ2v) is 8.39. The molecular formula is C23H21ClN2O3S. The lowest BCUT2D eigenvalue weighted by molar-refractivity contribution is 0.488. The van der Waals surface area contributed by atoms with Gasteiger partial charge in [-0.15, -0.1) is 12.4 Å². The number of hydrogen-bond donors (Lipinski definition) is 2. The number of benzene rings is 4. The smallest absolute Gasteiger partial charge is 0.236 e. The van der Waals surface area contributed by atoms with Crippen molar-refractivity contribution in [3.05, 3.63) is 96.6 Å². The predicted molar refractivity (Wildman–Crippen MR) is 125 cm³/mol. The Morgan fingerprint density at radius 3 is 2.10 bits per heavy atom. The van der Waals surface area contributed by atoms with Gasteiger partial charge < -0.3 is 10.5 Å². The number of sulfonamides is 1. The first-order valence-electron chi connectivity index (χ1n) is 9.10. The fourth-order valence-electron chi connectivity index (χ4n) is 3.11. The van der Waals surface area contributed by atoms with Crippen molar-refractivity contribution < 1.29 is 13.2 Å². The Labute approximate surface area is 182 Å². The van der Waals surface area contributed by atoms with E-state index in [0.29, 0.717) is 22.9 Å². The lowest BCUT2D eigenvalue weighted by atomic mass is 10.1. The van der Waals surface area contributed by atoms with Crippen molar-refractivity contribution in [1.82, 2.24) is 0 Å². The highest BCUT2D eigenvalue weighted by Crippen LogP contribution is 2.33. The summed E-state index contributed by atoms with van der Waals surface area (Å²) in [6.45, 7) is 0. The molecule has 0 bridgehead atoms. The minimum atomic E-state index is -3.50. The Kier molecular flexibility index (Phi) is 6.50. The highest BCUT2D eigenvalue weighted by Gasteiger charge is 2.12. The van der Waals surface area contributed by atoms with Crippen LogP contribution in [0.4, 0.5) is 11.4 Å². The maximum Gasteiger partial charge on any atom is 0.236 e. The van der Waals surface area contributed by atoms with E-state index in [-0.39, 0.29) is 18.2 Å². The number of ether oxygens (including phenoxy) is 1. The fraction of sp³-hybridized carbons (Fsp3) is 0.0435. The molecule has 5 nitrogen and oxygen atoms in total. The van der Waals surface area contributed by atoms with Gasteiger partial charge in [0.25, 0.3) is 0 Å². The van der Waals surface area contributed by atoms with Crippen LogP contribution in [0.5, 0.6) is 11.5 Å². The third-order valence-corrected chi connectivity index (χ3v) is 5.73. The fourth-order valence-corrected chi connectivity index (χ4v) is 4.31. The number of halogens is 1. The maximum atomic E-state index is 12.4. The van der Waals surface area contributed by atoms with Crippen LogP contribution >= 0.6 is 12.4 Å². The largest absolute Gasteiger partial charge is 0.457 e. The molecule has 0 spiro atoms. The van der Waals surface area contributed by atoms with E-state index in [9.17, 15) is 8.42 Å². The number of nitrogens with one attached hydrogen (secondary N) is 1. The number of anilines is 2. The SMILES string of the molecule is Cl.Nc1ccc(Oc2ccc(NS(=O)(=O)Cc3ccccc3)cc2)c2ccccc12. The Bertz CT molecular complexity index is 1240. The molecule has 0 aromatic heterocycles.